The van der Waals surface area contributed by atoms with Crippen LogP contribution < -0.4 is 0 Å². The smallest absolute Gasteiger partial charge is 0.237 e. The third-order valence-corrected chi connectivity index (χ3v) is 8.07. The summed E-state index contributed by atoms with van der Waals surface area (Å²) in [5, 5.41) is 1.04. The fourth-order valence-corrected chi connectivity index (χ4v) is 6.03. The summed E-state index contributed by atoms with van der Waals surface area (Å²) in [7, 11) is -1.04. The van der Waals surface area contributed by atoms with Gasteiger partial charge in [0, 0.05) is 44.7 Å². The summed E-state index contributed by atoms with van der Waals surface area (Å²) < 4.78 is 29.3. The number of carbonyl (C=O) groups is 1. The average Bonchev–Trinajstić information content (AvgIpc) is 3.30. The second-order valence-corrected chi connectivity index (χ2v) is 10.5. The number of fused-ring (bicyclic) bond motifs is 1. The van der Waals surface area contributed by atoms with Gasteiger partial charge in [-0.15, -0.1) is 0 Å². The normalized spacial score (nSPS) is 24.0. The molecule has 0 saturated carbocycles. The molecule has 0 aliphatic carbocycles. The van der Waals surface area contributed by atoms with Crippen LogP contribution in [-0.2, 0) is 14.6 Å². The van der Waals surface area contributed by atoms with Crippen molar-refractivity contribution in [3.05, 3.63) is 36.1 Å². The molecule has 2 unspecified atom stereocenters. The van der Waals surface area contributed by atoms with E-state index in [9.17, 15) is 13.2 Å². The van der Waals surface area contributed by atoms with Gasteiger partial charge in [-0.2, -0.15) is 0 Å². The van der Waals surface area contributed by atoms with E-state index >= 15 is 0 Å². The van der Waals surface area contributed by atoms with E-state index in [1.165, 1.54) is 0 Å². The molecule has 2 aliphatic rings. The second-order valence-electron chi connectivity index (χ2n) is 8.24. The van der Waals surface area contributed by atoms with Gasteiger partial charge in [0.25, 0.3) is 0 Å². The number of amides is 1. The zero-order valence-electron chi connectivity index (χ0n) is 17.1. The lowest BCUT2D eigenvalue weighted by atomic mass is 10.2. The van der Waals surface area contributed by atoms with Crippen molar-refractivity contribution in [2.24, 2.45) is 0 Å². The zero-order chi connectivity index (χ0) is 20.6. The Hall–Kier alpha value is -1.90. The van der Waals surface area contributed by atoms with Gasteiger partial charge in [0.15, 0.2) is 9.84 Å². The maximum Gasteiger partial charge on any atom is 0.237 e. The molecule has 0 spiro atoms. The van der Waals surface area contributed by atoms with Gasteiger partial charge in [0.1, 0.15) is 11.3 Å². The Morgan fingerprint density at radius 1 is 1.24 bits per heavy atom. The molecule has 2 saturated heterocycles. The lowest BCUT2D eigenvalue weighted by Gasteiger charge is -2.38. The maximum absolute atomic E-state index is 12.8. The van der Waals surface area contributed by atoms with Crippen LogP contribution >= 0.6 is 0 Å². The van der Waals surface area contributed by atoms with Crippen molar-refractivity contribution in [2.75, 3.05) is 51.3 Å². The number of furan rings is 1. The van der Waals surface area contributed by atoms with Gasteiger partial charge in [-0.05, 0) is 25.5 Å². The van der Waals surface area contributed by atoms with Crippen LogP contribution in [0.4, 0.5) is 0 Å². The second kappa shape index (κ2) is 8.08. The highest BCUT2D eigenvalue weighted by Gasteiger charge is 2.34. The van der Waals surface area contributed by atoms with Gasteiger partial charge in [-0.3, -0.25) is 14.6 Å². The van der Waals surface area contributed by atoms with E-state index in [1.807, 2.05) is 44.3 Å². The Bertz CT molecular complexity index is 946. The molecular formula is C21H29N3O4S. The highest BCUT2D eigenvalue weighted by Crippen LogP contribution is 2.27. The number of piperazine rings is 1. The van der Waals surface area contributed by atoms with Gasteiger partial charge >= 0.3 is 0 Å². The highest BCUT2D eigenvalue weighted by molar-refractivity contribution is 7.91. The highest BCUT2D eigenvalue weighted by atomic mass is 32.2. The predicted octanol–water partition coefficient (Wildman–Crippen LogP) is 1.76. The number of rotatable bonds is 5. The van der Waals surface area contributed by atoms with E-state index in [0.717, 1.165) is 49.3 Å². The van der Waals surface area contributed by atoms with Crippen LogP contribution in [-0.4, -0.2) is 86.3 Å². The zero-order valence-corrected chi connectivity index (χ0v) is 17.9. The molecule has 29 heavy (non-hydrogen) atoms. The minimum absolute atomic E-state index is 0.0647. The van der Waals surface area contributed by atoms with E-state index in [2.05, 4.69) is 9.80 Å². The minimum Gasteiger partial charge on any atom is -0.459 e. The quantitative estimate of drug-likeness (QED) is 0.735. The van der Waals surface area contributed by atoms with Crippen molar-refractivity contribution in [2.45, 2.75) is 25.4 Å². The molecule has 2 aliphatic heterocycles. The fraction of sp³-hybridized carbons (Fsp3) is 0.571. The maximum atomic E-state index is 12.8. The molecule has 0 bridgehead atoms. The summed E-state index contributed by atoms with van der Waals surface area (Å²) in [4.78, 5) is 19.0. The number of para-hydroxylation sites is 1. The van der Waals surface area contributed by atoms with Gasteiger partial charge in [0.2, 0.25) is 5.91 Å². The van der Waals surface area contributed by atoms with Crippen LogP contribution in [0.25, 0.3) is 11.0 Å². The molecule has 0 radical (unpaired) electrons. The van der Waals surface area contributed by atoms with Crippen LogP contribution in [0.3, 0.4) is 0 Å². The average molecular weight is 420 g/mol. The molecule has 7 nitrogen and oxygen atoms in total. The van der Waals surface area contributed by atoms with E-state index in [-0.39, 0.29) is 23.7 Å². The van der Waals surface area contributed by atoms with Crippen LogP contribution in [0.15, 0.2) is 34.7 Å². The van der Waals surface area contributed by atoms with Crippen molar-refractivity contribution in [1.29, 1.82) is 0 Å². The standard InChI is InChI=1S/C21H29N3O4S/c1-16(20-13-17-5-3-4-6-19(17)28-20)22(2)21(25)14-23-8-10-24(11-9-23)18-7-12-29(26,27)15-18/h3-6,13,16,18H,7-12,14-15H2,1-2H3. The molecule has 158 valence electrons. The third-order valence-electron chi connectivity index (χ3n) is 6.32. The first kappa shape index (κ1) is 20.4. The Balaban J connectivity index is 1.30. The molecule has 8 heteroatoms. The summed E-state index contributed by atoms with van der Waals surface area (Å²) in [5.41, 5.74) is 0.834. The lowest BCUT2D eigenvalue weighted by molar-refractivity contribution is -0.133. The lowest BCUT2D eigenvalue weighted by Crippen LogP contribution is -2.52. The first-order valence-corrected chi connectivity index (χ1v) is 12.1. The molecular weight excluding hydrogens is 390 g/mol. The van der Waals surface area contributed by atoms with Crippen LogP contribution in [0, 0.1) is 0 Å². The number of nitrogens with zero attached hydrogens (tertiary/aromatic N) is 3. The molecule has 0 N–H and O–H groups in total. The number of carbonyl (C=O) groups excluding carboxylic acids is 1. The molecule has 2 fully saturated rings. The number of benzene rings is 1. The number of sulfone groups is 1. The van der Waals surface area contributed by atoms with Crippen molar-refractivity contribution < 1.29 is 17.6 Å². The van der Waals surface area contributed by atoms with Crippen LogP contribution in [0.1, 0.15) is 25.1 Å². The SMILES string of the molecule is CC(c1cc2ccccc2o1)N(C)C(=O)CN1CCN(C2CCS(=O)(=O)C2)CC1. The molecule has 2 atom stereocenters. The molecule has 4 rings (SSSR count). The fourth-order valence-electron chi connectivity index (χ4n) is 4.27. The van der Waals surface area contributed by atoms with Crippen LogP contribution in [0.5, 0.6) is 0 Å². The van der Waals surface area contributed by atoms with Crippen molar-refractivity contribution >= 4 is 26.7 Å². The first-order chi connectivity index (χ1) is 13.8. The third kappa shape index (κ3) is 4.49. The molecule has 3 heterocycles. The van der Waals surface area contributed by atoms with Crippen molar-refractivity contribution in [3.63, 3.8) is 0 Å². The largest absolute Gasteiger partial charge is 0.459 e. The summed E-state index contributed by atoms with van der Waals surface area (Å²) >= 11 is 0. The molecule has 2 aromatic rings. The Labute approximate surface area is 172 Å². The monoisotopic (exact) mass is 419 g/mol. The minimum atomic E-state index is -2.86. The van der Waals surface area contributed by atoms with Gasteiger partial charge in [0.05, 0.1) is 24.1 Å². The topological polar surface area (TPSA) is 74.1 Å². The van der Waals surface area contributed by atoms with Gasteiger partial charge in [-0.1, -0.05) is 18.2 Å². The van der Waals surface area contributed by atoms with Gasteiger partial charge < -0.3 is 9.32 Å². The predicted molar refractivity (Wildman–Crippen MR) is 112 cm³/mol. The Morgan fingerprint density at radius 3 is 2.62 bits per heavy atom. The van der Waals surface area contributed by atoms with Crippen molar-refractivity contribution in [3.8, 4) is 0 Å². The van der Waals surface area contributed by atoms with Crippen LogP contribution in [0.2, 0.25) is 0 Å². The molecule has 1 aromatic heterocycles. The first-order valence-electron chi connectivity index (χ1n) is 10.2. The summed E-state index contributed by atoms with van der Waals surface area (Å²) in [6.07, 6.45) is 0.735. The summed E-state index contributed by atoms with van der Waals surface area (Å²) in [6.45, 7) is 5.56. The van der Waals surface area contributed by atoms with E-state index < -0.39 is 9.84 Å². The van der Waals surface area contributed by atoms with Crippen molar-refractivity contribution in [1.82, 2.24) is 14.7 Å². The molecule has 1 amide bonds. The number of hydrogen-bond acceptors (Lipinski definition) is 6. The summed E-state index contributed by atoms with van der Waals surface area (Å²) in [6, 6.07) is 9.86. The van der Waals surface area contributed by atoms with Gasteiger partial charge in [-0.25, -0.2) is 8.42 Å². The van der Waals surface area contributed by atoms with E-state index in [4.69, 9.17) is 4.42 Å². The summed E-state index contributed by atoms with van der Waals surface area (Å²) in [5.74, 6) is 1.44. The number of likely N-dealkylation sites (N-methyl/N-ethyl adjacent to an activating group) is 1. The Morgan fingerprint density at radius 2 is 1.97 bits per heavy atom. The van der Waals surface area contributed by atoms with E-state index in [0.29, 0.717) is 12.3 Å². The van der Waals surface area contributed by atoms with E-state index in [1.54, 1.807) is 4.90 Å². The molecule has 1 aromatic carbocycles. The number of hydrogen-bond donors (Lipinski definition) is 0. The Kier molecular flexibility index (Phi) is 5.68.